The Morgan fingerprint density at radius 2 is 1.85 bits per heavy atom. The smallest absolute Gasteiger partial charge is 0.0587 e. The minimum atomic E-state index is 0.174. The van der Waals surface area contributed by atoms with E-state index in [0.29, 0.717) is 12.1 Å². The van der Waals surface area contributed by atoms with Gasteiger partial charge < -0.3 is 15.3 Å². The maximum atomic E-state index is 9.59. The predicted octanol–water partition coefficient (Wildman–Crippen LogP) is 2.05. The fraction of sp³-hybridized carbons (Fsp3) is 0.647. The third kappa shape index (κ3) is 4.58. The Hall–Kier alpha value is -0.900. The van der Waals surface area contributed by atoms with E-state index in [1.54, 1.807) is 0 Å². The molecular formula is C17H28N2O. The van der Waals surface area contributed by atoms with Crippen molar-refractivity contribution in [2.75, 3.05) is 19.7 Å². The lowest BCUT2D eigenvalue weighted by Gasteiger charge is -2.36. The molecular weight excluding hydrogens is 248 g/mol. The molecule has 0 radical (unpaired) electrons. The minimum Gasteiger partial charge on any atom is -0.395 e. The zero-order valence-corrected chi connectivity index (χ0v) is 12.8. The number of likely N-dealkylation sites (tertiary alicyclic amines) is 1. The second-order valence-corrected chi connectivity index (χ2v) is 6.14. The molecule has 0 amide bonds. The molecule has 112 valence electrons. The number of nitrogens with one attached hydrogen (secondary N) is 1. The van der Waals surface area contributed by atoms with Gasteiger partial charge in [0.25, 0.3) is 0 Å². The van der Waals surface area contributed by atoms with Gasteiger partial charge in [0.15, 0.2) is 0 Å². The van der Waals surface area contributed by atoms with Gasteiger partial charge >= 0.3 is 0 Å². The molecule has 1 fully saturated rings. The number of aliphatic hydroxyl groups is 1. The van der Waals surface area contributed by atoms with E-state index in [2.05, 4.69) is 48.3 Å². The Morgan fingerprint density at radius 1 is 1.20 bits per heavy atom. The third-order valence-corrected chi connectivity index (χ3v) is 4.28. The van der Waals surface area contributed by atoms with E-state index in [-0.39, 0.29) is 12.6 Å². The topological polar surface area (TPSA) is 35.5 Å². The molecule has 0 saturated carbocycles. The van der Waals surface area contributed by atoms with Crippen LogP contribution in [0.2, 0.25) is 0 Å². The summed E-state index contributed by atoms with van der Waals surface area (Å²) in [7, 11) is 0. The number of benzene rings is 1. The van der Waals surface area contributed by atoms with Crippen LogP contribution < -0.4 is 5.32 Å². The number of rotatable bonds is 6. The van der Waals surface area contributed by atoms with Crippen molar-refractivity contribution in [3.05, 3.63) is 35.9 Å². The van der Waals surface area contributed by atoms with Crippen LogP contribution in [0.1, 0.15) is 32.3 Å². The van der Waals surface area contributed by atoms with E-state index in [1.165, 1.54) is 31.5 Å². The zero-order valence-electron chi connectivity index (χ0n) is 12.8. The lowest BCUT2D eigenvalue weighted by Crippen LogP contribution is -2.49. The quantitative estimate of drug-likeness (QED) is 0.835. The third-order valence-electron chi connectivity index (χ3n) is 4.28. The fourth-order valence-electron chi connectivity index (χ4n) is 2.99. The van der Waals surface area contributed by atoms with Gasteiger partial charge in [0.05, 0.1) is 6.61 Å². The predicted molar refractivity (Wildman–Crippen MR) is 83.9 cm³/mol. The lowest BCUT2D eigenvalue weighted by molar-refractivity contribution is 0.146. The van der Waals surface area contributed by atoms with Gasteiger partial charge in [-0.05, 0) is 51.8 Å². The van der Waals surface area contributed by atoms with Crippen LogP contribution in [0.25, 0.3) is 0 Å². The van der Waals surface area contributed by atoms with Crippen LogP contribution in [-0.2, 0) is 6.42 Å². The van der Waals surface area contributed by atoms with Gasteiger partial charge in [0.2, 0.25) is 0 Å². The molecule has 1 atom stereocenters. The Kier molecular flexibility index (Phi) is 6.02. The van der Waals surface area contributed by atoms with Crippen molar-refractivity contribution in [1.29, 1.82) is 0 Å². The summed E-state index contributed by atoms with van der Waals surface area (Å²) in [6.45, 7) is 7.07. The lowest BCUT2D eigenvalue weighted by atomic mass is 10.0. The van der Waals surface area contributed by atoms with Crippen LogP contribution in [-0.4, -0.2) is 47.8 Å². The standard InChI is InChI=1S/C17H28N2O/c1-14(2)19-10-8-16(9-11-19)18-17(13-20)12-15-6-4-3-5-7-15/h3-7,14,16-18,20H,8-13H2,1-2H3/t17-/m0/s1. The number of piperidine rings is 1. The Balaban J connectivity index is 1.79. The van der Waals surface area contributed by atoms with Crippen LogP contribution in [0.15, 0.2) is 30.3 Å². The molecule has 1 aliphatic rings. The summed E-state index contributed by atoms with van der Waals surface area (Å²) >= 11 is 0. The van der Waals surface area contributed by atoms with Gasteiger partial charge in [-0.25, -0.2) is 0 Å². The molecule has 1 saturated heterocycles. The summed E-state index contributed by atoms with van der Waals surface area (Å²) in [5, 5.41) is 13.2. The van der Waals surface area contributed by atoms with Gasteiger partial charge in [-0.3, -0.25) is 0 Å². The first-order chi connectivity index (χ1) is 9.69. The summed E-state index contributed by atoms with van der Waals surface area (Å²) in [6.07, 6.45) is 3.27. The highest BCUT2D eigenvalue weighted by atomic mass is 16.3. The highest BCUT2D eigenvalue weighted by molar-refractivity contribution is 5.16. The maximum absolute atomic E-state index is 9.59. The van der Waals surface area contributed by atoms with Crippen LogP contribution in [0, 0.1) is 0 Å². The van der Waals surface area contributed by atoms with Crippen molar-refractivity contribution < 1.29 is 5.11 Å². The van der Waals surface area contributed by atoms with Crippen molar-refractivity contribution >= 4 is 0 Å². The normalized spacial score (nSPS) is 19.4. The summed E-state index contributed by atoms with van der Waals surface area (Å²) in [6, 6.07) is 11.8. The summed E-state index contributed by atoms with van der Waals surface area (Å²) < 4.78 is 0. The van der Waals surface area contributed by atoms with Crippen molar-refractivity contribution in [3.63, 3.8) is 0 Å². The summed E-state index contributed by atoms with van der Waals surface area (Å²) in [5.41, 5.74) is 1.29. The number of hydrogen-bond acceptors (Lipinski definition) is 3. The first-order valence-corrected chi connectivity index (χ1v) is 7.84. The van der Waals surface area contributed by atoms with Crippen LogP contribution in [0.4, 0.5) is 0 Å². The zero-order chi connectivity index (χ0) is 14.4. The second kappa shape index (κ2) is 7.77. The van der Waals surface area contributed by atoms with Gasteiger partial charge in [-0.15, -0.1) is 0 Å². The molecule has 2 N–H and O–H groups in total. The summed E-state index contributed by atoms with van der Waals surface area (Å²) in [5.74, 6) is 0. The molecule has 1 aromatic rings. The van der Waals surface area contributed by atoms with E-state index < -0.39 is 0 Å². The van der Waals surface area contributed by atoms with Crippen molar-refractivity contribution in [2.24, 2.45) is 0 Å². The largest absolute Gasteiger partial charge is 0.395 e. The van der Waals surface area contributed by atoms with E-state index in [1.807, 2.05) is 6.07 Å². The van der Waals surface area contributed by atoms with Crippen LogP contribution >= 0.6 is 0 Å². The second-order valence-electron chi connectivity index (χ2n) is 6.14. The van der Waals surface area contributed by atoms with Crippen molar-refractivity contribution in [3.8, 4) is 0 Å². The van der Waals surface area contributed by atoms with E-state index in [0.717, 1.165) is 6.42 Å². The molecule has 0 unspecified atom stereocenters. The Bertz CT molecular complexity index is 372. The number of nitrogens with zero attached hydrogens (tertiary/aromatic N) is 1. The molecule has 0 spiro atoms. The van der Waals surface area contributed by atoms with E-state index >= 15 is 0 Å². The first-order valence-electron chi connectivity index (χ1n) is 7.84. The molecule has 0 aromatic heterocycles. The molecule has 2 rings (SSSR count). The van der Waals surface area contributed by atoms with Gasteiger partial charge in [-0.1, -0.05) is 30.3 Å². The van der Waals surface area contributed by atoms with Gasteiger partial charge in [0, 0.05) is 18.1 Å². The molecule has 0 aliphatic carbocycles. The molecule has 3 nitrogen and oxygen atoms in total. The average Bonchev–Trinajstić information content (AvgIpc) is 2.48. The molecule has 3 heteroatoms. The maximum Gasteiger partial charge on any atom is 0.0587 e. The number of hydrogen-bond donors (Lipinski definition) is 2. The Morgan fingerprint density at radius 3 is 2.40 bits per heavy atom. The van der Waals surface area contributed by atoms with Crippen LogP contribution in [0.3, 0.4) is 0 Å². The fourth-order valence-corrected chi connectivity index (χ4v) is 2.99. The summed E-state index contributed by atoms with van der Waals surface area (Å²) in [4.78, 5) is 2.53. The van der Waals surface area contributed by atoms with Crippen LogP contribution in [0.5, 0.6) is 0 Å². The SMILES string of the molecule is CC(C)N1CCC(N[C@H](CO)Cc2ccccc2)CC1. The van der Waals surface area contributed by atoms with Gasteiger partial charge in [0.1, 0.15) is 0 Å². The number of aliphatic hydroxyl groups excluding tert-OH is 1. The molecule has 1 aliphatic heterocycles. The molecule has 1 heterocycles. The monoisotopic (exact) mass is 276 g/mol. The minimum absolute atomic E-state index is 0.174. The van der Waals surface area contributed by atoms with Crippen molar-refractivity contribution in [2.45, 2.75) is 51.2 Å². The van der Waals surface area contributed by atoms with Gasteiger partial charge in [-0.2, -0.15) is 0 Å². The molecule has 1 aromatic carbocycles. The van der Waals surface area contributed by atoms with E-state index in [4.69, 9.17) is 0 Å². The average molecular weight is 276 g/mol. The molecule has 0 bridgehead atoms. The first kappa shape index (κ1) is 15.5. The van der Waals surface area contributed by atoms with Crippen molar-refractivity contribution in [1.82, 2.24) is 10.2 Å². The van der Waals surface area contributed by atoms with E-state index in [9.17, 15) is 5.11 Å². The molecule has 20 heavy (non-hydrogen) atoms. The Labute approximate surface area is 123 Å². The highest BCUT2D eigenvalue weighted by Crippen LogP contribution is 2.14. The highest BCUT2D eigenvalue weighted by Gasteiger charge is 2.22.